The third-order valence-corrected chi connectivity index (χ3v) is 0.541. The van der Waals surface area contributed by atoms with Crippen molar-refractivity contribution in [3.05, 3.63) is 0 Å². The van der Waals surface area contributed by atoms with E-state index in [1.165, 1.54) is 0 Å². The van der Waals surface area contributed by atoms with Crippen LogP contribution in [0.1, 0.15) is 0 Å². The number of carboxylic acids is 6. The van der Waals surface area contributed by atoms with Gasteiger partial charge < -0.3 is 50.1 Å². The van der Waals surface area contributed by atoms with Gasteiger partial charge >= 0.3 is 107 Å². The van der Waals surface area contributed by atoms with Crippen LogP contribution in [0, 0.1) is 0 Å². The molecule has 134 valence electrons. The first-order chi connectivity index (χ1) is 9.93. The van der Waals surface area contributed by atoms with Crippen molar-refractivity contribution >= 4 is 43.6 Å². The number of rotatable bonds is 0. The third-order valence-electron chi connectivity index (χ3n) is 0.541. The normalized spacial score (nSPS) is 7.96. The zero-order valence-corrected chi connectivity index (χ0v) is 18.5. The molecule has 16 nitrogen and oxygen atoms in total. The van der Waals surface area contributed by atoms with E-state index in [2.05, 4.69) is 0 Å². The Balaban J connectivity index is -0.0000000661. The molecule has 0 fully saturated rings. The summed E-state index contributed by atoms with van der Waals surface area (Å²) in [5.74, 6) is -11.3. The van der Waals surface area contributed by atoms with Gasteiger partial charge in [-0.25, -0.2) is 28.5 Å². The van der Waals surface area contributed by atoms with Crippen molar-refractivity contribution in [1.82, 2.24) is 0 Å². The fraction of sp³-hybridized carbons (Fsp3) is 0. The summed E-state index contributed by atoms with van der Waals surface area (Å²) in [6.45, 7) is 0. The molecule has 0 rings (SSSR count). The summed E-state index contributed by atoms with van der Waals surface area (Å²) in [5.41, 5.74) is 0. The molecule has 0 aliphatic heterocycles. The number of phosphoric acid groups is 1. The molecule has 0 radical (unpaired) electrons. The van der Waals surface area contributed by atoms with E-state index in [-0.39, 0.29) is 68.9 Å². The molecule has 0 saturated carbocycles. The van der Waals surface area contributed by atoms with Gasteiger partial charge in [-0.2, -0.15) is 0 Å². The average molecular weight is 500 g/mol. The maximum absolute atomic E-state index is 9.10. The summed E-state index contributed by atoms with van der Waals surface area (Å²) >= 11 is 0. The van der Waals surface area contributed by atoms with Gasteiger partial charge in [0.15, 0.2) is 5.97 Å². The van der Waals surface area contributed by atoms with Crippen molar-refractivity contribution in [2.45, 2.75) is 0 Å². The Labute approximate surface area is 189 Å². The Morgan fingerprint density at radius 1 is 0.583 bits per heavy atom. The van der Waals surface area contributed by atoms with Gasteiger partial charge in [-0.15, -0.1) is 0 Å². The van der Waals surface area contributed by atoms with Crippen LogP contribution in [0.3, 0.4) is 0 Å². The fourth-order valence-corrected chi connectivity index (χ4v) is 0. The Morgan fingerprint density at radius 3 is 0.667 bits per heavy atom. The predicted molar refractivity (Wildman–Crippen MR) is 57.4 cm³/mol. The molecular formula is C6H8CsO16P. The molecule has 0 heterocycles. The zero-order chi connectivity index (χ0) is 20.0. The van der Waals surface area contributed by atoms with Crippen LogP contribution in [-0.4, -0.2) is 76.0 Å². The van der Waals surface area contributed by atoms with Crippen LogP contribution in [0.15, 0.2) is 0 Å². The maximum atomic E-state index is 9.10. The molecule has 0 atom stereocenters. The molecule has 0 amide bonds. The standard InChI is InChI=1S/3C2H2O4.Cs.H3O4P/c3*3-1(4)2(5)6;;1-5(2,3)4/h3*(H,3,4)(H,5,6);;(H3,1,2,3,4)/q;;;+1;/p-1. The minimum Gasteiger partial charge on any atom is -0.539 e. The van der Waals surface area contributed by atoms with Gasteiger partial charge in [-0.1, -0.05) is 0 Å². The smallest absolute Gasteiger partial charge is 0.539 e. The molecule has 0 aromatic rings. The number of hydrogen-bond donors (Lipinski definition) is 8. The van der Waals surface area contributed by atoms with Crippen molar-refractivity contribution in [2.24, 2.45) is 0 Å². The summed E-state index contributed by atoms with van der Waals surface area (Å²) < 4.78 is 8.88. The number of hydrogen-bond acceptors (Lipinski definition) is 8. The van der Waals surface area contributed by atoms with Crippen molar-refractivity contribution in [3.63, 3.8) is 0 Å². The van der Waals surface area contributed by atoms with Crippen LogP contribution >= 0.6 is 7.82 Å². The molecule has 0 spiro atoms. The van der Waals surface area contributed by atoms with Crippen molar-refractivity contribution in [3.8, 4) is 0 Å². The van der Waals surface area contributed by atoms with Gasteiger partial charge in [-0.05, 0) is 0 Å². The van der Waals surface area contributed by atoms with E-state index in [0.717, 1.165) is 0 Å². The Hall–Kier alpha value is -1.02. The van der Waals surface area contributed by atoms with E-state index in [1.807, 2.05) is 0 Å². The molecule has 0 aromatic carbocycles. The number of carboxylic acid groups (broad SMARTS) is 6. The predicted octanol–water partition coefficient (Wildman–Crippen LogP) is -7.79. The molecule has 18 heteroatoms. The van der Waals surface area contributed by atoms with Gasteiger partial charge in [0.1, 0.15) is 0 Å². The second-order valence-corrected chi connectivity index (χ2v) is 3.35. The Bertz CT molecular complexity index is 401. The topological polar surface area (TPSA) is 304 Å². The van der Waals surface area contributed by atoms with Gasteiger partial charge in [0.2, 0.25) is 0 Å². The fourth-order valence-electron chi connectivity index (χ4n) is 0. The van der Waals surface area contributed by atoms with Crippen LogP contribution in [0.4, 0.5) is 0 Å². The first-order valence-electron chi connectivity index (χ1n) is 4.08. The van der Waals surface area contributed by atoms with E-state index in [1.54, 1.807) is 0 Å². The van der Waals surface area contributed by atoms with Crippen LogP contribution in [0.2, 0.25) is 0 Å². The first-order valence-corrected chi connectivity index (χ1v) is 5.64. The van der Waals surface area contributed by atoms with Crippen LogP contribution in [0.5, 0.6) is 0 Å². The number of carbonyl (C=O) groups is 6. The van der Waals surface area contributed by atoms with E-state index in [4.69, 9.17) is 78.7 Å². The largest absolute Gasteiger partial charge is 1.00 e. The SMILES string of the molecule is O=C(O)C(=O)O.O=C(O)C(=O)O.O=C([O-])C(=O)O.O=P(O)(O)O.[Cs+]. The van der Waals surface area contributed by atoms with Gasteiger partial charge in [0.05, 0.1) is 0 Å². The summed E-state index contributed by atoms with van der Waals surface area (Å²) in [5, 5.41) is 45.9. The second kappa shape index (κ2) is 18.3. The van der Waals surface area contributed by atoms with E-state index >= 15 is 0 Å². The average Bonchev–Trinajstić information content (AvgIpc) is 2.27. The van der Waals surface area contributed by atoms with E-state index in [9.17, 15) is 0 Å². The minimum atomic E-state index is -4.64. The van der Waals surface area contributed by atoms with Gasteiger partial charge in [0.25, 0.3) is 0 Å². The quantitative estimate of drug-likeness (QED) is 0.113. The Morgan fingerprint density at radius 2 is 0.667 bits per heavy atom. The van der Waals surface area contributed by atoms with Gasteiger partial charge in [0, 0.05) is 0 Å². The Kier molecular flexibility index (Phi) is 26.2. The van der Waals surface area contributed by atoms with Crippen LogP contribution in [0.25, 0.3) is 0 Å². The summed E-state index contributed by atoms with van der Waals surface area (Å²) in [6, 6.07) is 0. The molecule has 0 aliphatic rings. The third kappa shape index (κ3) is 69.5. The van der Waals surface area contributed by atoms with Gasteiger partial charge in [-0.3, -0.25) is 0 Å². The van der Waals surface area contributed by atoms with Crippen LogP contribution in [-0.2, 0) is 33.3 Å². The molecule has 24 heavy (non-hydrogen) atoms. The van der Waals surface area contributed by atoms with Crippen molar-refractivity contribution in [2.75, 3.05) is 0 Å². The summed E-state index contributed by atoms with van der Waals surface area (Å²) in [7, 11) is -4.64. The molecule has 0 aromatic heterocycles. The summed E-state index contributed by atoms with van der Waals surface area (Å²) in [4.78, 5) is 76.0. The van der Waals surface area contributed by atoms with E-state index < -0.39 is 43.6 Å². The first kappa shape index (κ1) is 34.3. The molecule has 0 bridgehead atoms. The minimum absolute atomic E-state index is 0. The monoisotopic (exact) mass is 500 g/mol. The van der Waals surface area contributed by atoms with Crippen LogP contribution < -0.4 is 74.0 Å². The molecule has 0 aliphatic carbocycles. The number of aliphatic carboxylic acids is 6. The maximum Gasteiger partial charge on any atom is 1.00 e. The molecular weight excluding hydrogens is 492 g/mol. The number of carbonyl (C=O) groups excluding carboxylic acids is 1. The molecule has 0 saturated heterocycles. The van der Waals surface area contributed by atoms with E-state index in [0.29, 0.717) is 0 Å². The molecule has 0 unspecified atom stereocenters. The summed E-state index contributed by atoms with van der Waals surface area (Å²) in [6.07, 6.45) is 0. The molecule has 8 N–H and O–H groups in total. The zero-order valence-electron chi connectivity index (χ0n) is 11.3. The van der Waals surface area contributed by atoms with Crippen molar-refractivity contribution in [1.29, 1.82) is 0 Å². The second-order valence-electron chi connectivity index (χ2n) is 2.33. The van der Waals surface area contributed by atoms with Crippen molar-refractivity contribution < 1.29 is 148 Å².